The lowest BCUT2D eigenvalue weighted by Gasteiger charge is -2.33. The fourth-order valence-electron chi connectivity index (χ4n) is 4.58. The van der Waals surface area contributed by atoms with E-state index in [4.69, 9.17) is 0 Å². The maximum absolute atomic E-state index is 13.6. The monoisotopic (exact) mass is 371 g/mol. The van der Waals surface area contributed by atoms with E-state index in [1.54, 1.807) is 6.07 Å². The number of hydrogen-bond donors (Lipinski definition) is 0. The van der Waals surface area contributed by atoms with E-state index in [2.05, 4.69) is 0 Å². The molecule has 2 aliphatic rings. The normalized spacial score (nSPS) is 18.5. The van der Waals surface area contributed by atoms with E-state index in [1.807, 2.05) is 28.3 Å². The number of fused-ring (bicyclic) bond motifs is 1. The summed E-state index contributed by atoms with van der Waals surface area (Å²) in [5.74, 6) is -0.0270. The Hall–Kier alpha value is -2.37. The van der Waals surface area contributed by atoms with E-state index < -0.39 is 0 Å². The molecule has 0 unspecified atom stereocenters. The second kappa shape index (κ2) is 6.98. The maximum atomic E-state index is 13.6. The fourth-order valence-corrected chi connectivity index (χ4v) is 4.58. The number of nitrogens with zero attached hydrogens (tertiary/aromatic N) is 3. The minimum Gasteiger partial charge on any atom is -0.342 e. The molecule has 1 aromatic heterocycles. The van der Waals surface area contributed by atoms with E-state index >= 15 is 0 Å². The lowest BCUT2D eigenvalue weighted by molar-refractivity contribution is -0.135. The highest BCUT2D eigenvalue weighted by atomic mass is 19.1. The predicted octanol–water partition coefficient (Wildman–Crippen LogP) is 3.10. The number of halogens is 1. The average molecular weight is 371 g/mol. The van der Waals surface area contributed by atoms with E-state index in [1.165, 1.54) is 12.1 Å². The summed E-state index contributed by atoms with van der Waals surface area (Å²) in [6, 6.07) is 4.63. The van der Waals surface area contributed by atoms with Gasteiger partial charge in [-0.05, 0) is 56.4 Å². The Kier molecular flexibility index (Phi) is 4.66. The molecule has 3 heterocycles. The van der Waals surface area contributed by atoms with Gasteiger partial charge in [-0.2, -0.15) is 0 Å². The van der Waals surface area contributed by atoms with Crippen molar-refractivity contribution in [2.75, 3.05) is 26.2 Å². The highest BCUT2D eigenvalue weighted by Crippen LogP contribution is 2.28. The molecule has 5 nitrogen and oxygen atoms in total. The summed E-state index contributed by atoms with van der Waals surface area (Å²) in [5, 5.41) is 0.778. The second-order valence-corrected chi connectivity index (χ2v) is 7.79. The molecule has 0 atom stereocenters. The van der Waals surface area contributed by atoms with Crippen LogP contribution in [0, 0.1) is 18.7 Å². The van der Waals surface area contributed by atoms with E-state index in [9.17, 15) is 14.0 Å². The number of aromatic nitrogens is 1. The lowest BCUT2D eigenvalue weighted by Crippen LogP contribution is -2.44. The van der Waals surface area contributed by atoms with Crippen LogP contribution in [-0.4, -0.2) is 52.4 Å². The van der Waals surface area contributed by atoms with Gasteiger partial charge < -0.3 is 14.4 Å². The average Bonchev–Trinajstić information content (AvgIpc) is 3.29. The zero-order chi connectivity index (χ0) is 19.1. The molecule has 0 spiro atoms. The van der Waals surface area contributed by atoms with E-state index in [0.717, 1.165) is 55.2 Å². The predicted molar refractivity (Wildman–Crippen MR) is 102 cm³/mol. The molecule has 0 saturated carbocycles. The standard InChI is InChI=1S/C21H26FN3O2/c1-14-17-13-16(22)5-6-18(17)23(2)19(14)21(27)25-11-7-15(8-12-25)20(26)24-9-3-4-10-24/h5-6,13,15H,3-4,7-12H2,1-2H3. The number of amides is 2. The zero-order valence-electron chi connectivity index (χ0n) is 16.0. The van der Waals surface area contributed by atoms with Crippen molar-refractivity contribution in [1.29, 1.82) is 0 Å². The highest BCUT2D eigenvalue weighted by molar-refractivity contribution is 6.01. The van der Waals surface area contributed by atoms with Crippen LogP contribution in [0.5, 0.6) is 0 Å². The number of carbonyl (C=O) groups is 2. The number of benzene rings is 1. The van der Waals surface area contributed by atoms with Crippen molar-refractivity contribution in [3.63, 3.8) is 0 Å². The third-order valence-corrected chi connectivity index (χ3v) is 6.17. The summed E-state index contributed by atoms with van der Waals surface area (Å²) in [6.45, 7) is 4.82. The maximum Gasteiger partial charge on any atom is 0.270 e. The number of hydrogen-bond acceptors (Lipinski definition) is 2. The number of piperidine rings is 1. The van der Waals surface area contributed by atoms with Crippen molar-refractivity contribution >= 4 is 22.7 Å². The summed E-state index contributed by atoms with van der Waals surface area (Å²) in [6.07, 6.45) is 3.64. The van der Waals surface area contributed by atoms with Gasteiger partial charge in [0, 0.05) is 50.0 Å². The van der Waals surface area contributed by atoms with Crippen LogP contribution in [0.2, 0.25) is 0 Å². The van der Waals surface area contributed by atoms with Crippen LogP contribution in [0.15, 0.2) is 18.2 Å². The van der Waals surface area contributed by atoms with Crippen LogP contribution >= 0.6 is 0 Å². The minimum atomic E-state index is -0.295. The van der Waals surface area contributed by atoms with Gasteiger partial charge in [0.05, 0.1) is 0 Å². The van der Waals surface area contributed by atoms with Crippen molar-refractivity contribution in [2.24, 2.45) is 13.0 Å². The summed E-state index contributed by atoms with van der Waals surface area (Å²) in [5.41, 5.74) is 2.28. The number of aryl methyl sites for hydroxylation is 2. The first-order valence-electron chi connectivity index (χ1n) is 9.80. The third kappa shape index (κ3) is 3.11. The van der Waals surface area contributed by atoms with Crippen molar-refractivity contribution < 1.29 is 14.0 Å². The van der Waals surface area contributed by atoms with Gasteiger partial charge in [0.2, 0.25) is 5.91 Å². The molecule has 0 bridgehead atoms. The number of carbonyl (C=O) groups excluding carboxylic acids is 2. The summed E-state index contributed by atoms with van der Waals surface area (Å²) >= 11 is 0. The molecule has 27 heavy (non-hydrogen) atoms. The molecule has 0 aliphatic carbocycles. The van der Waals surface area contributed by atoms with Crippen LogP contribution in [0.25, 0.3) is 10.9 Å². The van der Waals surface area contributed by atoms with Gasteiger partial charge in [-0.15, -0.1) is 0 Å². The molecule has 2 saturated heterocycles. The molecular weight excluding hydrogens is 345 g/mol. The van der Waals surface area contributed by atoms with Crippen molar-refractivity contribution in [3.8, 4) is 0 Å². The quantitative estimate of drug-likeness (QED) is 0.814. The van der Waals surface area contributed by atoms with E-state index in [0.29, 0.717) is 18.8 Å². The molecule has 144 valence electrons. The summed E-state index contributed by atoms with van der Waals surface area (Å²) < 4.78 is 15.5. The molecular formula is C21H26FN3O2. The van der Waals surface area contributed by atoms with Gasteiger partial charge in [-0.3, -0.25) is 9.59 Å². The van der Waals surface area contributed by atoms with Crippen LogP contribution < -0.4 is 0 Å². The zero-order valence-corrected chi connectivity index (χ0v) is 16.0. The Labute approximate surface area is 158 Å². The topological polar surface area (TPSA) is 45.6 Å². The van der Waals surface area contributed by atoms with Crippen LogP contribution in [0.4, 0.5) is 4.39 Å². The lowest BCUT2D eigenvalue weighted by atomic mass is 9.95. The van der Waals surface area contributed by atoms with Gasteiger partial charge in [-0.1, -0.05) is 0 Å². The van der Waals surface area contributed by atoms with Gasteiger partial charge in [-0.25, -0.2) is 4.39 Å². The van der Waals surface area contributed by atoms with Gasteiger partial charge in [0.15, 0.2) is 0 Å². The van der Waals surface area contributed by atoms with Crippen molar-refractivity contribution in [3.05, 3.63) is 35.3 Å². The Balaban J connectivity index is 1.50. The van der Waals surface area contributed by atoms with Crippen LogP contribution in [0.3, 0.4) is 0 Å². The molecule has 2 fully saturated rings. The first-order valence-corrected chi connectivity index (χ1v) is 9.80. The van der Waals surface area contributed by atoms with Crippen LogP contribution in [-0.2, 0) is 11.8 Å². The van der Waals surface area contributed by atoms with Crippen LogP contribution in [0.1, 0.15) is 41.7 Å². The Bertz CT molecular complexity index is 890. The first-order chi connectivity index (χ1) is 13.0. The number of rotatable bonds is 2. The largest absolute Gasteiger partial charge is 0.342 e. The molecule has 2 aromatic rings. The Morgan fingerprint density at radius 3 is 2.37 bits per heavy atom. The molecule has 1 aromatic carbocycles. The second-order valence-electron chi connectivity index (χ2n) is 7.79. The minimum absolute atomic E-state index is 0.0290. The van der Waals surface area contributed by atoms with Gasteiger partial charge in [0.25, 0.3) is 5.91 Å². The highest BCUT2D eigenvalue weighted by Gasteiger charge is 2.32. The molecule has 6 heteroatoms. The summed E-state index contributed by atoms with van der Waals surface area (Å²) in [4.78, 5) is 29.5. The van der Waals surface area contributed by atoms with Crippen molar-refractivity contribution in [2.45, 2.75) is 32.6 Å². The molecule has 2 aliphatic heterocycles. The SMILES string of the molecule is Cc1c(C(=O)N2CCC(C(=O)N3CCCC3)CC2)n(C)c2ccc(F)cc12. The third-order valence-electron chi connectivity index (χ3n) is 6.17. The van der Waals surface area contributed by atoms with Crippen molar-refractivity contribution in [1.82, 2.24) is 14.4 Å². The summed E-state index contributed by atoms with van der Waals surface area (Å²) in [7, 11) is 1.85. The Morgan fingerprint density at radius 2 is 1.70 bits per heavy atom. The van der Waals surface area contributed by atoms with E-state index in [-0.39, 0.29) is 23.5 Å². The number of likely N-dealkylation sites (tertiary alicyclic amines) is 2. The van der Waals surface area contributed by atoms with Gasteiger partial charge >= 0.3 is 0 Å². The molecule has 2 amide bonds. The molecule has 0 N–H and O–H groups in total. The smallest absolute Gasteiger partial charge is 0.270 e. The molecule has 0 radical (unpaired) electrons. The fraction of sp³-hybridized carbons (Fsp3) is 0.524. The Morgan fingerprint density at radius 1 is 1.04 bits per heavy atom. The van der Waals surface area contributed by atoms with Gasteiger partial charge in [0.1, 0.15) is 11.5 Å². The first kappa shape index (κ1) is 18.0. The molecule has 4 rings (SSSR count).